The van der Waals surface area contributed by atoms with E-state index in [1.807, 2.05) is 0 Å². The molecule has 90 valence electrons. The molecule has 0 fully saturated rings. The summed E-state index contributed by atoms with van der Waals surface area (Å²) in [5.41, 5.74) is 0.269. The van der Waals surface area contributed by atoms with Gasteiger partial charge in [-0.3, -0.25) is 0 Å². The number of aromatic nitrogens is 1. The van der Waals surface area contributed by atoms with Gasteiger partial charge in [0.15, 0.2) is 0 Å². The molecule has 0 aliphatic heterocycles. The second kappa shape index (κ2) is 5.48. The zero-order valence-corrected chi connectivity index (χ0v) is 9.60. The SMILES string of the molecule is O=C(O)c1ccnc(NCC2CC=CCC2)c1. The van der Waals surface area contributed by atoms with Crippen molar-refractivity contribution in [1.29, 1.82) is 0 Å². The quantitative estimate of drug-likeness (QED) is 0.783. The van der Waals surface area contributed by atoms with E-state index in [9.17, 15) is 4.79 Å². The van der Waals surface area contributed by atoms with Gasteiger partial charge < -0.3 is 10.4 Å². The molecule has 4 nitrogen and oxygen atoms in total. The van der Waals surface area contributed by atoms with Crippen LogP contribution in [0.4, 0.5) is 5.82 Å². The number of anilines is 1. The van der Waals surface area contributed by atoms with E-state index in [2.05, 4.69) is 22.5 Å². The number of hydrogen-bond donors (Lipinski definition) is 2. The van der Waals surface area contributed by atoms with Crippen molar-refractivity contribution in [2.45, 2.75) is 19.3 Å². The zero-order chi connectivity index (χ0) is 12.1. The highest BCUT2D eigenvalue weighted by molar-refractivity contribution is 5.88. The summed E-state index contributed by atoms with van der Waals surface area (Å²) in [4.78, 5) is 14.9. The predicted octanol–water partition coefficient (Wildman–Crippen LogP) is 2.55. The largest absolute Gasteiger partial charge is 0.478 e. The molecule has 1 aliphatic rings. The lowest BCUT2D eigenvalue weighted by atomic mass is 9.94. The molecule has 1 aromatic heterocycles. The number of nitrogens with zero attached hydrogens (tertiary/aromatic N) is 1. The van der Waals surface area contributed by atoms with Crippen LogP contribution in [0.5, 0.6) is 0 Å². The summed E-state index contributed by atoms with van der Waals surface area (Å²) >= 11 is 0. The summed E-state index contributed by atoms with van der Waals surface area (Å²) in [5, 5.41) is 12.1. The van der Waals surface area contributed by atoms with Gasteiger partial charge in [-0.1, -0.05) is 12.2 Å². The Kier molecular flexibility index (Phi) is 3.75. The van der Waals surface area contributed by atoms with E-state index in [0.717, 1.165) is 19.4 Å². The van der Waals surface area contributed by atoms with Crippen molar-refractivity contribution in [2.75, 3.05) is 11.9 Å². The first-order chi connectivity index (χ1) is 8.25. The third-order valence-corrected chi connectivity index (χ3v) is 2.96. The Bertz CT molecular complexity index is 429. The Morgan fingerprint density at radius 2 is 2.41 bits per heavy atom. The average Bonchev–Trinajstić information content (AvgIpc) is 2.38. The standard InChI is InChI=1S/C13H16N2O2/c16-13(17)11-6-7-14-12(8-11)15-9-10-4-2-1-3-5-10/h1-2,6-8,10H,3-5,9H2,(H,14,15)(H,16,17). The van der Waals surface area contributed by atoms with Crippen LogP contribution in [0.3, 0.4) is 0 Å². The average molecular weight is 232 g/mol. The van der Waals surface area contributed by atoms with Gasteiger partial charge in [0, 0.05) is 12.7 Å². The fourth-order valence-corrected chi connectivity index (χ4v) is 1.95. The number of pyridine rings is 1. The van der Waals surface area contributed by atoms with E-state index in [1.54, 1.807) is 6.07 Å². The summed E-state index contributed by atoms with van der Waals surface area (Å²) in [7, 11) is 0. The van der Waals surface area contributed by atoms with Crippen molar-refractivity contribution >= 4 is 11.8 Å². The molecule has 0 saturated carbocycles. The number of aromatic carboxylic acids is 1. The molecule has 0 aromatic carbocycles. The summed E-state index contributed by atoms with van der Waals surface area (Å²) in [6.45, 7) is 0.848. The highest BCUT2D eigenvalue weighted by atomic mass is 16.4. The molecular formula is C13H16N2O2. The van der Waals surface area contributed by atoms with E-state index in [0.29, 0.717) is 11.7 Å². The molecule has 0 saturated heterocycles. The molecular weight excluding hydrogens is 216 g/mol. The number of rotatable bonds is 4. The van der Waals surface area contributed by atoms with Gasteiger partial charge in [0.1, 0.15) is 5.82 Å². The van der Waals surface area contributed by atoms with Gasteiger partial charge in [0.2, 0.25) is 0 Å². The molecule has 1 aromatic rings. The topological polar surface area (TPSA) is 62.2 Å². The van der Waals surface area contributed by atoms with Crippen LogP contribution in [0.2, 0.25) is 0 Å². The molecule has 0 bridgehead atoms. The van der Waals surface area contributed by atoms with Crippen LogP contribution in [0.15, 0.2) is 30.5 Å². The van der Waals surface area contributed by atoms with Crippen LogP contribution < -0.4 is 5.32 Å². The van der Waals surface area contributed by atoms with Gasteiger partial charge in [0.25, 0.3) is 0 Å². The highest BCUT2D eigenvalue weighted by Crippen LogP contribution is 2.18. The third-order valence-electron chi connectivity index (χ3n) is 2.96. The third kappa shape index (κ3) is 3.31. The Morgan fingerprint density at radius 1 is 1.53 bits per heavy atom. The molecule has 2 N–H and O–H groups in total. The first-order valence-corrected chi connectivity index (χ1v) is 5.84. The Balaban J connectivity index is 1.92. The molecule has 0 spiro atoms. The second-order valence-electron chi connectivity index (χ2n) is 4.27. The number of hydrogen-bond acceptors (Lipinski definition) is 3. The molecule has 0 amide bonds. The van der Waals surface area contributed by atoms with Crippen LogP contribution in [0, 0.1) is 5.92 Å². The maximum atomic E-state index is 10.8. The minimum absolute atomic E-state index is 0.269. The molecule has 1 unspecified atom stereocenters. The van der Waals surface area contributed by atoms with E-state index in [-0.39, 0.29) is 5.56 Å². The molecule has 1 heterocycles. The van der Waals surface area contributed by atoms with Crippen molar-refractivity contribution < 1.29 is 9.90 Å². The van der Waals surface area contributed by atoms with Gasteiger partial charge in [0.05, 0.1) is 5.56 Å². The minimum Gasteiger partial charge on any atom is -0.478 e. The van der Waals surface area contributed by atoms with Crippen LogP contribution >= 0.6 is 0 Å². The monoisotopic (exact) mass is 232 g/mol. The lowest BCUT2D eigenvalue weighted by Crippen LogP contribution is -2.16. The van der Waals surface area contributed by atoms with Gasteiger partial charge in [-0.05, 0) is 37.3 Å². The fourth-order valence-electron chi connectivity index (χ4n) is 1.95. The molecule has 4 heteroatoms. The molecule has 1 aliphatic carbocycles. The summed E-state index contributed by atoms with van der Waals surface area (Å²) in [5.74, 6) is 0.339. The van der Waals surface area contributed by atoms with Gasteiger partial charge in [-0.2, -0.15) is 0 Å². The van der Waals surface area contributed by atoms with E-state index in [1.165, 1.54) is 18.7 Å². The predicted molar refractivity (Wildman–Crippen MR) is 66.2 cm³/mol. The number of carboxylic acids is 1. The fraction of sp³-hybridized carbons (Fsp3) is 0.385. The first-order valence-electron chi connectivity index (χ1n) is 5.84. The van der Waals surface area contributed by atoms with E-state index >= 15 is 0 Å². The molecule has 0 radical (unpaired) electrons. The maximum Gasteiger partial charge on any atom is 0.335 e. The van der Waals surface area contributed by atoms with E-state index in [4.69, 9.17) is 5.11 Å². The van der Waals surface area contributed by atoms with Gasteiger partial charge in [-0.25, -0.2) is 9.78 Å². The number of carboxylic acid groups (broad SMARTS) is 1. The zero-order valence-electron chi connectivity index (χ0n) is 9.60. The number of allylic oxidation sites excluding steroid dienone is 2. The summed E-state index contributed by atoms with van der Waals surface area (Å²) in [6, 6.07) is 3.07. The van der Waals surface area contributed by atoms with E-state index < -0.39 is 5.97 Å². The number of carbonyl (C=O) groups is 1. The summed E-state index contributed by atoms with van der Waals surface area (Å²) in [6.07, 6.45) is 9.34. The lowest BCUT2D eigenvalue weighted by molar-refractivity contribution is 0.0697. The highest BCUT2D eigenvalue weighted by Gasteiger charge is 2.10. The van der Waals surface area contributed by atoms with Crippen molar-refractivity contribution in [3.8, 4) is 0 Å². The molecule has 2 rings (SSSR count). The Hall–Kier alpha value is -1.84. The van der Waals surface area contributed by atoms with Crippen molar-refractivity contribution in [2.24, 2.45) is 5.92 Å². The normalized spacial score (nSPS) is 18.9. The van der Waals surface area contributed by atoms with Crippen LogP contribution in [-0.2, 0) is 0 Å². The van der Waals surface area contributed by atoms with Crippen LogP contribution in [0.25, 0.3) is 0 Å². The minimum atomic E-state index is -0.920. The van der Waals surface area contributed by atoms with Crippen molar-refractivity contribution in [1.82, 2.24) is 4.98 Å². The van der Waals surface area contributed by atoms with Gasteiger partial charge in [-0.15, -0.1) is 0 Å². The summed E-state index contributed by atoms with van der Waals surface area (Å²) < 4.78 is 0. The Morgan fingerprint density at radius 3 is 3.12 bits per heavy atom. The Labute approximate surface area is 100 Å². The van der Waals surface area contributed by atoms with Crippen LogP contribution in [-0.4, -0.2) is 22.6 Å². The second-order valence-corrected chi connectivity index (χ2v) is 4.27. The maximum absolute atomic E-state index is 10.8. The smallest absolute Gasteiger partial charge is 0.335 e. The lowest BCUT2D eigenvalue weighted by Gasteiger charge is -2.18. The molecule has 1 atom stereocenters. The van der Waals surface area contributed by atoms with Gasteiger partial charge >= 0.3 is 5.97 Å². The van der Waals surface area contributed by atoms with Crippen molar-refractivity contribution in [3.63, 3.8) is 0 Å². The van der Waals surface area contributed by atoms with Crippen LogP contribution in [0.1, 0.15) is 29.6 Å². The number of nitrogens with one attached hydrogen (secondary N) is 1. The first kappa shape index (κ1) is 11.6. The van der Waals surface area contributed by atoms with Crippen molar-refractivity contribution in [3.05, 3.63) is 36.0 Å². The molecule has 17 heavy (non-hydrogen) atoms.